The van der Waals surface area contributed by atoms with Crippen LogP contribution in [0.3, 0.4) is 0 Å². The van der Waals surface area contributed by atoms with Gasteiger partial charge in [-0.25, -0.2) is 9.97 Å². The molecule has 146 valence electrons. The molecule has 2 aliphatic rings. The molecule has 4 heteroatoms. The summed E-state index contributed by atoms with van der Waals surface area (Å²) in [6, 6.07) is 0.716. The maximum Gasteiger partial charge on any atom is 0.130 e. The van der Waals surface area contributed by atoms with Gasteiger partial charge in [0.1, 0.15) is 5.82 Å². The highest BCUT2D eigenvalue weighted by Gasteiger charge is 2.24. The number of aromatic nitrogens is 2. The molecule has 0 aliphatic carbocycles. The van der Waals surface area contributed by atoms with Gasteiger partial charge in [0.05, 0.1) is 0 Å². The van der Waals surface area contributed by atoms with Gasteiger partial charge in [-0.1, -0.05) is 13.8 Å². The first-order valence-corrected chi connectivity index (χ1v) is 10.8. The van der Waals surface area contributed by atoms with Crippen molar-refractivity contribution < 1.29 is 0 Å². The number of piperidine rings is 2. The second kappa shape index (κ2) is 9.27. The molecule has 2 fully saturated rings. The van der Waals surface area contributed by atoms with E-state index in [1.165, 1.54) is 70.4 Å². The smallest absolute Gasteiger partial charge is 0.130 e. The molecule has 0 saturated carbocycles. The summed E-state index contributed by atoms with van der Waals surface area (Å²) in [7, 11) is 0. The standard InChI is InChI=1S/C22H38N4/c1-17(2)22-23-15-21(16-24-22)20-8-11-25(12-9-20)10-5-19-6-13-26(14-7-19)18(3)4/h15-20H,5-14H2,1-4H3. The van der Waals surface area contributed by atoms with Crippen LogP contribution in [0.1, 0.15) is 83.0 Å². The topological polar surface area (TPSA) is 32.3 Å². The highest BCUT2D eigenvalue weighted by Crippen LogP contribution is 2.29. The minimum Gasteiger partial charge on any atom is -0.303 e. The zero-order chi connectivity index (χ0) is 18.5. The molecule has 0 atom stereocenters. The van der Waals surface area contributed by atoms with E-state index in [2.05, 4.69) is 59.9 Å². The molecule has 1 aromatic rings. The summed E-state index contributed by atoms with van der Waals surface area (Å²) in [4.78, 5) is 14.4. The van der Waals surface area contributed by atoms with Crippen LogP contribution in [0.5, 0.6) is 0 Å². The summed E-state index contributed by atoms with van der Waals surface area (Å²) in [6.45, 7) is 15.3. The van der Waals surface area contributed by atoms with Crippen LogP contribution >= 0.6 is 0 Å². The van der Waals surface area contributed by atoms with Crippen molar-refractivity contribution in [3.8, 4) is 0 Å². The Balaban J connectivity index is 1.37. The average Bonchev–Trinajstić information content (AvgIpc) is 2.67. The van der Waals surface area contributed by atoms with Gasteiger partial charge in [0.25, 0.3) is 0 Å². The minimum absolute atomic E-state index is 0.415. The summed E-state index contributed by atoms with van der Waals surface area (Å²) in [5, 5.41) is 0. The van der Waals surface area contributed by atoms with E-state index in [1.807, 2.05) is 0 Å². The van der Waals surface area contributed by atoms with Crippen molar-refractivity contribution in [1.82, 2.24) is 19.8 Å². The first kappa shape index (κ1) is 19.8. The fourth-order valence-electron chi connectivity index (χ4n) is 4.47. The van der Waals surface area contributed by atoms with Crippen LogP contribution < -0.4 is 0 Å². The number of hydrogen-bond acceptors (Lipinski definition) is 4. The Morgan fingerprint density at radius 2 is 1.54 bits per heavy atom. The maximum absolute atomic E-state index is 4.56. The van der Waals surface area contributed by atoms with Gasteiger partial charge in [0.15, 0.2) is 0 Å². The number of hydrogen-bond donors (Lipinski definition) is 0. The van der Waals surface area contributed by atoms with E-state index in [9.17, 15) is 0 Å². The lowest BCUT2D eigenvalue weighted by molar-refractivity contribution is 0.131. The molecule has 3 heterocycles. The van der Waals surface area contributed by atoms with E-state index < -0.39 is 0 Å². The fraction of sp³-hybridized carbons (Fsp3) is 0.818. The van der Waals surface area contributed by atoms with Crippen molar-refractivity contribution in [2.75, 3.05) is 32.7 Å². The molecular weight excluding hydrogens is 320 g/mol. The fourth-order valence-corrected chi connectivity index (χ4v) is 4.47. The summed E-state index contributed by atoms with van der Waals surface area (Å²) >= 11 is 0. The zero-order valence-corrected chi connectivity index (χ0v) is 17.3. The average molecular weight is 359 g/mol. The largest absolute Gasteiger partial charge is 0.303 e. The Labute approximate surface area is 160 Å². The molecule has 0 amide bonds. The van der Waals surface area contributed by atoms with Gasteiger partial charge in [-0.15, -0.1) is 0 Å². The molecule has 0 N–H and O–H groups in total. The highest BCUT2D eigenvalue weighted by atomic mass is 15.2. The molecule has 0 bridgehead atoms. The number of likely N-dealkylation sites (tertiary alicyclic amines) is 2. The van der Waals surface area contributed by atoms with Crippen molar-refractivity contribution >= 4 is 0 Å². The molecule has 2 aliphatic heterocycles. The number of nitrogens with zero attached hydrogens (tertiary/aromatic N) is 4. The highest BCUT2D eigenvalue weighted by molar-refractivity contribution is 5.13. The predicted molar refractivity (Wildman–Crippen MR) is 109 cm³/mol. The van der Waals surface area contributed by atoms with Crippen LogP contribution in [-0.2, 0) is 0 Å². The zero-order valence-electron chi connectivity index (χ0n) is 17.3. The van der Waals surface area contributed by atoms with E-state index in [-0.39, 0.29) is 0 Å². The molecule has 3 rings (SSSR count). The van der Waals surface area contributed by atoms with E-state index in [4.69, 9.17) is 0 Å². The van der Waals surface area contributed by atoms with Gasteiger partial charge in [-0.3, -0.25) is 0 Å². The summed E-state index contributed by atoms with van der Waals surface area (Å²) in [6.07, 6.45) is 10.9. The van der Waals surface area contributed by atoms with Gasteiger partial charge in [-0.2, -0.15) is 0 Å². The summed E-state index contributed by atoms with van der Waals surface area (Å²) in [5.74, 6) is 2.98. The van der Waals surface area contributed by atoms with Gasteiger partial charge in [0.2, 0.25) is 0 Å². The van der Waals surface area contributed by atoms with E-state index in [0.717, 1.165) is 11.7 Å². The quantitative estimate of drug-likeness (QED) is 0.759. The molecule has 0 radical (unpaired) electrons. The van der Waals surface area contributed by atoms with Crippen LogP contribution in [0.25, 0.3) is 0 Å². The van der Waals surface area contributed by atoms with Gasteiger partial charge in [-0.05, 0) is 96.1 Å². The van der Waals surface area contributed by atoms with Crippen molar-refractivity contribution in [2.45, 2.75) is 77.7 Å². The van der Waals surface area contributed by atoms with Gasteiger partial charge < -0.3 is 9.80 Å². The van der Waals surface area contributed by atoms with E-state index in [0.29, 0.717) is 17.9 Å². The second-order valence-corrected chi connectivity index (χ2v) is 9.01. The van der Waals surface area contributed by atoms with Crippen molar-refractivity contribution in [3.05, 3.63) is 23.8 Å². The van der Waals surface area contributed by atoms with Gasteiger partial charge >= 0.3 is 0 Å². The first-order valence-electron chi connectivity index (χ1n) is 10.8. The van der Waals surface area contributed by atoms with Crippen LogP contribution in [0.15, 0.2) is 12.4 Å². The lowest BCUT2D eigenvalue weighted by atomic mass is 9.89. The Hall–Kier alpha value is -1.00. The van der Waals surface area contributed by atoms with Crippen LogP contribution in [0.4, 0.5) is 0 Å². The molecule has 1 aromatic heterocycles. The first-order chi connectivity index (χ1) is 12.5. The summed E-state index contributed by atoms with van der Waals surface area (Å²) < 4.78 is 0. The normalized spacial score (nSPS) is 21.8. The molecule has 4 nitrogen and oxygen atoms in total. The third kappa shape index (κ3) is 5.26. The van der Waals surface area contributed by atoms with Crippen LogP contribution in [0.2, 0.25) is 0 Å². The maximum atomic E-state index is 4.56. The Morgan fingerprint density at radius 1 is 0.923 bits per heavy atom. The third-order valence-corrected chi connectivity index (χ3v) is 6.50. The molecular formula is C22H38N4. The monoisotopic (exact) mass is 358 g/mol. The lowest BCUT2D eigenvalue weighted by Crippen LogP contribution is -2.40. The van der Waals surface area contributed by atoms with E-state index in [1.54, 1.807) is 0 Å². The predicted octanol–water partition coefficient (Wildman–Crippen LogP) is 4.29. The van der Waals surface area contributed by atoms with Gasteiger partial charge in [0, 0.05) is 24.4 Å². The van der Waals surface area contributed by atoms with Crippen molar-refractivity contribution in [3.63, 3.8) is 0 Å². The number of rotatable bonds is 6. The Kier molecular flexibility index (Phi) is 7.05. The van der Waals surface area contributed by atoms with Crippen molar-refractivity contribution in [1.29, 1.82) is 0 Å². The van der Waals surface area contributed by atoms with Crippen LogP contribution in [0, 0.1) is 5.92 Å². The Morgan fingerprint density at radius 3 is 2.08 bits per heavy atom. The second-order valence-electron chi connectivity index (χ2n) is 9.01. The Bertz CT molecular complexity index is 524. The summed E-state index contributed by atoms with van der Waals surface area (Å²) in [5.41, 5.74) is 1.34. The van der Waals surface area contributed by atoms with Crippen LogP contribution in [-0.4, -0.2) is 58.5 Å². The lowest BCUT2D eigenvalue weighted by Gasteiger charge is -2.36. The van der Waals surface area contributed by atoms with E-state index >= 15 is 0 Å². The molecule has 2 saturated heterocycles. The molecule has 0 aromatic carbocycles. The minimum atomic E-state index is 0.415. The SMILES string of the molecule is CC(C)c1ncc(C2CCN(CCC3CCN(C(C)C)CC3)CC2)cn1. The molecule has 0 spiro atoms. The molecule has 26 heavy (non-hydrogen) atoms. The molecule has 0 unspecified atom stereocenters. The third-order valence-electron chi connectivity index (χ3n) is 6.50. The van der Waals surface area contributed by atoms with Crippen molar-refractivity contribution in [2.24, 2.45) is 5.92 Å².